The molecule has 0 spiro atoms. The van der Waals surface area contributed by atoms with Crippen molar-refractivity contribution in [3.8, 4) is 0 Å². The second-order valence-corrected chi connectivity index (χ2v) is 7.18. The summed E-state index contributed by atoms with van der Waals surface area (Å²) in [5.74, 6) is 1.58. The fourth-order valence-corrected chi connectivity index (χ4v) is 3.22. The molecule has 1 aromatic rings. The summed E-state index contributed by atoms with van der Waals surface area (Å²) in [6.45, 7) is 14.5. The van der Waals surface area contributed by atoms with Gasteiger partial charge in [-0.2, -0.15) is 0 Å². The number of hydrogen-bond acceptors (Lipinski definition) is 3. The molecule has 1 N–H and O–H groups in total. The summed E-state index contributed by atoms with van der Waals surface area (Å²) in [4.78, 5) is 7.24. The topological polar surface area (TPSA) is 28.2 Å². The highest BCUT2D eigenvalue weighted by molar-refractivity contribution is 5.14. The van der Waals surface area contributed by atoms with Crippen LogP contribution in [0.4, 0.5) is 0 Å². The van der Waals surface area contributed by atoms with E-state index in [1.165, 1.54) is 24.2 Å². The predicted octanol–water partition coefficient (Wildman–Crippen LogP) is 3.45. The summed E-state index contributed by atoms with van der Waals surface area (Å²) in [5.41, 5.74) is 2.46. The van der Waals surface area contributed by atoms with E-state index < -0.39 is 0 Å². The third-order valence-electron chi connectivity index (χ3n) is 4.69. The molecule has 3 nitrogen and oxygen atoms in total. The molecule has 1 fully saturated rings. The molecule has 1 saturated heterocycles. The summed E-state index contributed by atoms with van der Waals surface area (Å²) < 4.78 is 0. The Labute approximate surface area is 130 Å². The van der Waals surface area contributed by atoms with Crippen molar-refractivity contribution in [3.63, 3.8) is 0 Å². The number of nitrogens with one attached hydrogen (secondary N) is 1. The summed E-state index contributed by atoms with van der Waals surface area (Å²) >= 11 is 0. The summed E-state index contributed by atoms with van der Waals surface area (Å²) in [7, 11) is 0. The zero-order valence-electron chi connectivity index (χ0n) is 14.3. The Morgan fingerprint density at radius 2 is 2.05 bits per heavy atom. The molecule has 1 aliphatic rings. The van der Waals surface area contributed by atoms with E-state index in [1.54, 1.807) is 0 Å². The maximum absolute atomic E-state index is 4.65. The lowest BCUT2D eigenvalue weighted by Gasteiger charge is -2.40. The van der Waals surface area contributed by atoms with E-state index in [4.69, 9.17) is 0 Å². The summed E-state index contributed by atoms with van der Waals surface area (Å²) in [6, 6.07) is 5.57. The minimum Gasteiger partial charge on any atom is -0.310 e. The van der Waals surface area contributed by atoms with Crippen molar-refractivity contribution >= 4 is 0 Å². The average Bonchev–Trinajstić information content (AvgIpc) is 2.43. The quantitative estimate of drug-likeness (QED) is 0.900. The maximum Gasteiger partial charge on any atom is 0.0544 e. The first-order valence-electron chi connectivity index (χ1n) is 8.37. The van der Waals surface area contributed by atoms with Gasteiger partial charge in [0.1, 0.15) is 0 Å². The number of likely N-dealkylation sites (tertiary alicyclic amines) is 1. The van der Waals surface area contributed by atoms with Gasteiger partial charge in [-0.3, -0.25) is 9.88 Å². The van der Waals surface area contributed by atoms with Crippen molar-refractivity contribution in [1.29, 1.82) is 0 Å². The molecule has 3 atom stereocenters. The first-order valence-corrected chi connectivity index (χ1v) is 8.37. The van der Waals surface area contributed by atoms with Crippen LogP contribution in [0.3, 0.4) is 0 Å². The lowest BCUT2D eigenvalue weighted by atomic mass is 9.86. The average molecular weight is 289 g/mol. The predicted molar refractivity (Wildman–Crippen MR) is 89.0 cm³/mol. The summed E-state index contributed by atoms with van der Waals surface area (Å²) in [5, 5.41) is 3.43. The molecule has 0 bridgehead atoms. The van der Waals surface area contributed by atoms with Gasteiger partial charge in [0, 0.05) is 37.9 Å². The molecule has 118 valence electrons. The highest BCUT2D eigenvalue weighted by Gasteiger charge is 2.28. The number of piperidine rings is 1. The smallest absolute Gasteiger partial charge is 0.0544 e. The lowest BCUT2D eigenvalue weighted by Crippen LogP contribution is -2.45. The molecule has 1 aliphatic heterocycles. The molecule has 0 radical (unpaired) electrons. The number of nitrogens with zero attached hydrogens (tertiary/aromatic N) is 2. The fourth-order valence-electron chi connectivity index (χ4n) is 3.22. The van der Waals surface area contributed by atoms with E-state index in [-0.39, 0.29) is 0 Å². The van der Waals surface area contributed by atoms with E-state index in [0.29, 0.717) is 12.1 Å². The zero-order chi connectivity index (χ0) is 15.4. The molecule has 2 rings (SSSR count). The fraction of sp³-hybridized carbons (Fsp3) is 0.722. The summed E-state index contributed by atoms with van der Waals surface area (Å²) in [6.07, 6.45) is 3.37. The van der Waals surface area contributed by atoms with Crippen LogP contribution in [0.15, 0.2) is 18.3 Å². The zero-order valence-corrected chi connectivity index (χ0v) is 14.3. The van der Waals surface area contributed by atoms with Gasteiger partial charge in [-0.15, -0.1) is 0 Å². The molecule has 0 aromatic carbocycles. The van der Waals surface area contributed by atoms with Crippen LogP contribution < -0.4 is 5.32 Å². The van der Waals surface area contributed by atoms with Crippen LogP contribution in [0.25, 0.3) is 0 Å². The second kappa shape index (κ2) is 7.37. The van der Waals surface area contributed by atoms with Crippen molar-refractivity contribution in [2.24, 2.45) is 11.8 Å². The largest absolute Gasteiger partial charge is 0.310 e. The van der Waals surface area contributed by atoms with Crippen LogP contribution in [0, 0.1) is 11.8 Å². The van der Waals surface area contributed by atoms with Crippen molar-refractivity contribution in [1.82, 2.24) is 15.2 Å². The van der Waals surface area contributed by atoms with Gasteiger partial charge in [0.05, 0.1) is 5.69 Å². The number of pyridine rings is 1. The molecule has 0 amide bonds. The normalized spacial score (nSPS) is 27.2. The molecule has 3 unspecified atom stereocenters. The van der Waals surface area contributed by atoms with E-state index in [9.17, 15) is 0 Å². The monoisotopic (exact) mass is 289 g/mol. The van der Waals surface area contributed by atoms with E-state index in [2.05, 4.69) is 62.0 Å². The van der Waals surface area contributed by atoms with Crippen molar-refractivity contribution in [3.05, 3.63) is 29.6 Å². The first kappa shape index (κ1) is 16.4. The second-order valence-electron chi connectivity index (χ2n) is 7.18. The molecule has 1 aromatic heterocycles. The molecule has 21 heavy (non-hydrogen) atoms. The van der Waals surface area contributed by atoms with Gasteiger partial charge in [-0.25, -0.2) is 0 Å². The minimum atomic E-state index is 0.516. The van der Waals surface area contributed by atoms with Gasteiger partial charge in [0.25, 0.3) is 0 Å². The van der Waals surface area contributed by atoms with Gasteiger partial charge in [-0.1, -0.05) is 33.8 Å². The van der Waals surface area contributed by atoms with Crippen LogP contribution in [0.1, 0.15) is 52.3 Å². The van der Waals surface area contributed by atoms with Gasteiger partial charge in [0.15, 0.2) is 0 Å². The van der Waals surface area contributed by atoms with Gasteiger partial charge in [0.2, 0.25) is 0 Å². The van der Waals surface area contributed by atoms with Crippen LogP contribution in [-0.2, 0) is 13.1 Å². The van der Waals surface area contributed by atoms with Crippen molar-refractivity contribution in [2.75, 3.05) is 6.54 Å². The first-order chi connectivity index (χ1) is 9.95. The van der Waals surface area contributed by atoms with E-state index in [1.807, 2.05) is 6.20 Å². The number of hydrogen-bond donors (Lipinski definition) is 1. The molecule has 3 heteroatoms. The van der Waals surface area contributed by atoms with E-state index >= 15 is 0 Å². The van der Waals surface area contributed by atoms with Crippen LogP contribution >= 0.6 is 0 Å². The van der Waals surface area contributed by atoms with Crippen LogP contribution in [-0.4, -0.2) is 28.5 Å². The Morgan fingerprint density at radius 3 is 2.67 bits per heavy atom. The molecular weight excluding hydrogens is 258 g/mol. The highest BCUT2D eigenvalue weighted by Crippen LogP contribution is 2.27. The van der Waals surface area contributed by atoms with Gasteiger partial charge >= 0.3 is 0 Å². The molecular formula is C18H31N3. The Hall–Kier alpha value is -0.930. The van der Waals surface area contributed by atoms with Crippen LogP contribution in [0.2, 0.25) is 0 Å². The Kier molecular flexibility index (Phi) is 5.77. The maximum atomic E-state index is 4.65. The van der Waals surface area contributed by atoms with E-state index in [0.717, 1.165) is 24.9 Å². The molecule has 0 aliphatic carbocycles. The Morgan fingerprint density at radius 1 is 1.29 bits per heavy atom. The molecule has 2 heterocycles. The minimum absolute atomic E-state index is 0.516. The van der Waals surface area contributed by atoms with Crippen LogP contribution in [0.5, 0.6) is 0 Å². The standard InChI is InChI=1S/C18H31N3/c1-13(2)19-9-17-6-7-18(20-10-17)12-21-11-14(3)8-15(4)16(21)5/h6-7,10,13-16,19H,8-9,11-12H2,1-5H3. The van der Waals surface area contributed by atoms with Gasteiger partial charge in [-0.05, 0) is 36.8 Å². The third-order valence-corrected chi connectivity index (χ3v) is 4.69. The number of rotatable bonds is 5. The van der Waals surface area contributed by atoms with Crippen molar-refractivity contribution in [2.45, 2.75) is 66.2 Å². The Balaban J connectivity index is 1.93. The van der Waals surface area contributed by atoms with Gasteiger partial charge < -0.3 is 5.32 Å². The highest BCUT2D eigenvalue weighted by atomic mass is 15.2. The van der Waals surface area contributed by atoms with Crippen molar-refractivity contribution < 1.29 is 0 Å². The molecule has 0 saturated carbocycles. The number of aromatic nitrogens is 1. The Bertz CT molecular complexity index is 427. The third kappa shape index (κ3) is 4.79. The lowest BCUT2D eigenvalue weighted by molar-refractivity contribution is 0.0718. The SMILES string of the molecule is CC1CC(C)C(C)N(Cc2ccc(CNC(C)C)cn2)C1.